The van der Waals surface area contributed by atoms with Gasteiger partial charge in [0.05, 0.1) is 58.3 Å². The Labute approximate surface area is 299 Å². The predicted molar refractivity (Wildman–Crippen MR) is 207 cm³/mol. The van der Waals surface area contributed by atoms with Crippen molar-refractivity contribution in [3.63, 3.8) is 0 Å². The number of nitrogens with one attached hydrogen (secondary N) is 2. The van der Waals surface area contributed by atoms with Crippen molar-refractivity contribution in [3.05, 3.63) is 143 Å². The van der Waals surface area contributed by atoms with Gasteiger partial charge in [0.1, 0.15) is 0 Å². The average molecular weight is 684 g/mol. The number of hydrogen-bond donors (Lipinski definition) is 4. The normalized spacial score (nSPS) is 13.8. The van der Waals surface area contributed by atoms with Gasteiger partial charge in [0.2, 0.25) is 11.8 Å². The molecule has 10 nitrogen and oxygen atoms in total. The highest BCUT2D eigenvalue weighted by Gasteiger charge is 2.22. The first-order valence-corrected chi connectivity index (χ1v) is 17.1. The number of aromatic amines is 2. The number of nitrogens with zero attached hydrogens (tertiary/aromatic N) is 4. The van der Waals surface area contributed by atoms with Gasteiger partial charge in [0, 0.05) is 34.2 Å². The SMILES string of the molecule is [2H]c1cc2cc3nc(cc4ccc(cc5nc(cc1n2C(=O)[C@@H](N)Cc1c[nH]c2ccccc12)C=C5)n4C(=O)[C@@H](N)Cc1c[nH]c2ccccc12)C=C3. The van der Waals surface area contributed by atoms with Gasteiger partial charge in [-0.05, 0) is 109 Å². The van der Waals surface area contributed by atoms with E-state index in [1.165, 1.54) is 4.57 Å². The quantitative estimate of drug-likeness (QED) is 0.148. The van der Waals surface area contributed by atoms with Crippen LogP contribution in [0.3, 0.4) is 0 Å². The van der Waals surface area contributed by atoms with E-state index in [1.807, 2.05) is 109 Å². The number of benzene rings is 2. The number of rotatable bonds is 6. The Balaban J connectivity index is 1.16. The number of aromatic nitrogens is 6. The lowest BCUT2D eigenvalue weighted by atomic mass is 10.0. The van der Waals surface area contributed by atoms with Crippen molar-refractivity contribution in [1.82, 2.24) is 29.1 Å². The first kappa shape index (κ1) is 30.2. The molecule has 5 aromatic heterocycles. The number of hydrogen-bond acceptors (Lipinski definition) is 6. The van der Waals surface area contributed by atoms with E-state index in [4.69, 9.17) is 22.8 Å². The number of para-hydroxylation sites is 2. The van der Waals surface area contributed by atoms with Crippen LogP contribution in [-0.4, -0.2) is 53.0 Å². The molecule has 9 rings (SSSR count). The van der Waals surface area contributed by atoms with Gasteiger partial charge < -0.3 is 21.4 Å². The molecule has 2 atom stereocenters. The van der Waals surface area contributed by atoms with E-state index < -0.39 is 12.1 Å². The number of carbonyl (C=O) groups excluding carboxylic acids is 2. The first-order valence-electron chi connectivity index (χ1n) is 17.6. The minimum Gasteiger partial charge on any atom is -0.361 e. The monoisotopic (exact) mass is 683 g/mol. The molecule has 0 aliphatic carbocycles. The van der Waals surface area contributed by atoms with Crippen LogP contribution < -0.4 is 11.5 Å². The van der Waals surface area contributed by atoms with Crippen molar-refractivity contribution in [2.45, 2.75) is 24.9 Å². The summed E-state index contributed by atoms with van der Waals surface area (Å²) in [5, 5.41) is 2.04. The summed E-state index contributed by atoms with van der Waals surface area (Å²) in [7, 11) is 0. The fourth-order valence-electron chi connectivity index (χ4n) is 7.11. The molecular formula is C42H34N8O2. The summed E-state index contributed by atoms with van der Waals surface area (Å²) < 4.78 is 12.0. The molecule has 2 aromatic carbocycles. The summed E-state index contributed by atoms with van der Waals surface area (Å²) >= 11 is 0. The second-order valence-corrected chi connectivity index (χ2v) is 13.1. The average Bonchev–Trinajstić information content (AvgIpc) is 4.02. The molecule has 10 heteroatoms. The Morgan fingerprint density at radius 3 is 1.48 bits per heavy atom. The lowest BCUT2D eigenvalue weighted by Gasteiger charge is -2.13. The number of nitrogens with two attached hydrogens (primary N) is 2. The minimum absolute atomic E-state index is 0.146. The Hall–Kier alpha value is -6.62. The van der Waals surface area contributed by atoms with Crippen LogP contribution in [0.1, 0.15) is 44.9 Å². The minimum atomic E-state index is -0.890. The highest BCUT2D eigenvalue weighted by Crippen LogP contribution is 2.24. The lowest BCUT2D eigenvalue weighted by Crippen LogP contribution is -2.36. The fraction of sp³-hybridized carbons (Fsp3) is 0.0952. The van der Waals surface area contributed by atoms with E-state index >= 15 is 0 Å². The first-order chi connectivity index (χ1) is 25.8. The Morgan fingerprint density at radius 2 is 1.00 bits per heavy atom. The van der Waals surface area contributed by atoms with E-state index in [-0.39, 0.29) is 17.9 Å². The summed E-state index contributed by atoms with van der Waals surface area (Å²) in [5.74, 6) is -0.614. The maximum atomic E-state index is 14.2. The van der Waals surface area contributed by atoms with Crippen LogP contribution in [0.15, 0.2) is 109 Å². The molecule has 0 fully saturated rings. The molecule has 52 heavy (non-hydrogen) atoms. The zero-order valence-electron chi connectivity index (χ0n) is 29.0. The zero-order valence-corrected chi connectivity index (χ0v) is 28.0. The van der Waals surface area contributed by atoms with Gasteiger partial charge in [-0.2, -0.15) is 0 Å². The molecular weight excluding hydrogens is 649 g/mol. The van der Waals surface area contributed by atoms with Crippen molar-refractivity contribution in [1.29, 1.82) is 0 Å². The zero-order chi connectivity index (χ0) is 36.2. The topological polar surface area (TPSA) is 153 Å². The van der Waals surface area contributed by atoms with Crippen molar-refractivity contribution in [2.75, 3.05) is 0 Å². The molecule has 0 unspecified atom stereocenters. The van der Waals surface area contributed by atoms with Gasteiger partial charge in [-0.15, -0.1) is 0 Å². The Kier molecular flexibility index (Phi) is 7.33. The third-order valence-corrected chi connectivity index (χ3v) is 9.65. The highest BCUT2D eigenvalue weighted by molar-refractivity contribution is 5.97. The van der Waals surface area contributed by atoms with Crippen LogP contribution in [0.25, 0.3) is 68.2 Å². The largest absolute Gasteiger partial charge is 0.361 e. The van der Waals surface area contributed by atoms with Gasteiger partial charge in [0.15, 0.2) is 0 Å². The lowest BCUT2D eigenvalue weighted by molar-refractivity contribution is 0.0881. The van der Waals surface area contributed by atoms with Crippen molar-refractivity contribution < 1.29 is 11.0 Å². The van der Waals surface area contributed by atoms with Crippen molar-refractivity contribution >= 4 is 80.0 Å². The van der Waals surface area contributed by atoms with Gasteiger partial charge >= 0.3 is 0 Å². The summed E-state index contributed by atoms with van der Waals surface area (Å²) in [6, 6.07) is 26.8. The molecule has 2 aliphatic heterocycles. The Bertz CT molecular complexity index is 2850. The summed E-state index contributed by atoms with van der Waals surface area (Å²) in [4.78, 5) is 44.5. The molecule has 0 saturated heterocycles. The predicted octanol–water partition coefficient (Wildman–Crippen LogP) is 6.99. The second-order valence-electron chi connectivity index (χ2n) is 13.1. The molecule has 0 radical (unpaired) electrons. The van der Waals surface area contributed by atoms with Crippen LogP contribution in [0, 0.1) is 0 Å². The molecule has 254 valence electrons. The van der Waals surface area contributed by atoms with Crippen LogP contribution in [0.4, 0.5) is 0 Å². The van der Waals surface area contributed by atoms with E-state index in [1.54, 1.807) is 22.8 Å². The third-order valence-electron chi connectivity index (χ3n) is 9.65. The van der Waals surface area contributed by atoms with E-state index in [0.29, 0.717) is 57.7 Å². The number of carbonyl (C=O) groups is 2. The van der Waals surface area contributed by atoms with E-state index in [9.17, 15) is 9.59 Å². The molecule has 0 saturated carbocycles. The Morgan fingerprint density at radius 1 is 0.596 bits per heavy atom. The van der Waals surface area contributed by atoms with Gasteiger partial charge in [0.25, 0.3) is 0 Å². The van der Waals surface area contributed by atoms with Crippen LogP contribution in [0.2, 0.25) is 0 Å². The standard InChI is InChI=1S/C42H34N8O2/c43-37(17-25-23-45-39-7-3-1-5-35(25)39)41(51)49-31-13-14-32(49)20-28-10-12-30(48-28)22-34-16-15-33(21-29-11-9-27(19-31)47-29)50(34)42(52)38(44)18-26-24-46-40-8-4-2-6-36(26)40/h1-16,19-24,37-38,45-46H,17-18,43-44H2/t37-,38-/m0/s1/i13D. The molecule has 8 bridgehead atoms. The summed E-state index contributed by atoms with van der Waals surface area (Å²) in [5.41, 5.74) is 21.5. The molecule has 0 spiro atoms. The molecule has 2 aliphatic rings. The van der Waals surface area contributed by atoms with Gasteiger partial charge in [-0.25, -0.2) is 9.97 Å². The van der Waals surface area contributed by atoms with Crippen molar-refractivity contribution in [2.24, 2.45) is 11.5 Å². The van der Waals surface area contributed by atoms with Crippen molar-refractivity contribution in [3.8, 4) is 0 Å². The highest BCUT2D eigenvalue weighted by atomic mass is 16.2. The molecule has 7 aromatic rings. The maximum absolute atomic E-state index is 14.2. The third kappa shape index (κ3) is 5.65. The fourth-order valence-corrected chi connectivity index (χ4v) is 7.11. The molecule has 7 heterocycles. The van der Waals surface area contributed by atoms with Crippen LogP contribution >= 0.6 is 0 Å². The summed E-state index contributed by atoms with van der Waals surface area (Å²) in [6.07, 6.45) is 11.8. The molecule has 6 N–H and O–H groups in total. The smallest absolute Gasteiger partial charge is 0.248 e. The van der Waals surface area contributed by atoms with Gasteiger partial charge in [-0.3, -0.25) is 18.7 Å². The van der Waals surface area contributed by atoms with Crippen LogP contribution in [-0.2, 0) is 12.8 Å². The van der Waals surface area contributed by atoms with E-state index in [2.05, 4.69) is 9.97 Å². The number of H-pyrrole nitrogens is 2. The maximum Gasteiger partial charge on any atom is 0.248 e. The molecule has 0 amide bonds. The summed E-state index contributed by atoms with van der Waals surface area (Å²) in [6.45, 7) is 0. The van der Waals surface area contributed by atoms with Gasteiger partial charge in [-0.1, -0.05) is 36.4 Å². The second kappa shape index (κ2) is 12.6. The number of fused-ring (bicyclic) bond motifs is 10. The van der Waals surface area contributed by atoms with Crippen LogP contribution in [0.5, 0.6) is 0 Å². The van der Waals surface area contributed by atoms with E-state index in [0.717, 1.165) is 32.9 Å².